The molecule has 0 amide bonds. The largest absolute Gasteiger partial charge is 0.480 e. The Morgan fingerprint density at radius 2 is 2.05 bits per heavy atom. The van der Waals surface area contributed by atoms with E-state index in [2.05, 4.69) is 25.3 Å². The van der Waals surface area contributed by atoms with E-state index in [0.717, 1.165) is 0 Å². The molecule has 0 bridgehead atoms. The van der Waals surface area contributed by atoms with E-state index in [9.17, 15) is 9.90 Å². The minimum atomic E-state index is -0.919. The SMILES string of the molecule is CC(C)C[C@@H](Nc1nccc(-c2cnccn2)n1)C(=O)O. The fraction of sp³-hybridized carbons (Fsp3) is 0.357. The maximum absolute atomic E-state index is 11.3. The molecular weight excluding hydrogens is 270 g/mol. The molecule has 0 aliphatic heterocycles. The molecule has 0 unspecified atom stereocenters. The zero-order valence-electron chi connectivity index (χ0n) is 11.9. The number of nitrogens with zero attached hydrogens (tertiary/aromatic N) is 4. The van der Waals surface area contributed by atoms with E-state index in [4.69, 9.17) is 0 Å². The van der Waals surface area contributed by atoms with Crippen LogP contribution in [0.25, 0.3) is 11.4 Å². The van der Waals surface area contributed by atoms with Gasteiger partial charge >= 0.3 is 5.97 Å². The van der Waals surface area contributed by atoms with Crippen LogP contribution in [0.2, 0.25) is 0 Å². The average Bonchev–Trinajstić information content (AvgIpc) is 2.47. The summed E-state index contributed by atoms with van der Waals surface area (Å²) < 4.78 is 0. The lowest BCUT2D eigenvalue weighted by Crippen LogP contribution is -2.31. The van der Waals surface area contributed by atoms with Crippen LogP contribution in [-0.2, 0) is 4.79 Å². The van der Waals surface area contributed by atoms with Crippen molar-refractivity contribution in [3.05, 3.63) is 30.9 Å². The van der Waals surface area contributed by atoms with Gasteiger partial charge in [-0.05, 0) is 18.4 Å². The molecule has 0 aromatic carbocycles. The van der Waals surface area contributed by atoms with Crippen LogP contribution in [0, 0.1) is 5.92 Å². The quantitative estimate of drug-likeness (QED) is 0.836. The van der Waals surface area contributed by atoms with Crippen LogP contribution in [0.3, 0.4) is 0 Å². The number of carboxylic acids is 1. The van der Waals surface area contributed by atoms with Crippen LogP contribution < -0.4 is 5.32 Å². The Kier molecular flexibility index (Phi) is 4.76. The zero-order valence-corrected chi connectivity index (χ0v) is 11.9. The van der Waals surface area contributed by atoms with Crippen LogP contribution in [0.15, 0.2) is 30.9 Å². The zero-order chi connectivity index (χ0) is 15.2. The molecule has 2 rings (SSSR count). The first kappa shape index (κ1) is 14.8. The van der Waals surface area contributed by atoms with Crippen molar-refractivity contribution in [3.63, 3.8) is 0 Å². The number of hydrogen-bond acceptors (Lipinski definition) is 6. The van der Waals surface area contributed by atoms with Crippen molar-refractivity contribution >= 4 is 11.9 Å². The van der Waals surface area contributed by atoms with E-state index in [1.165, 1.54) is 0 Å². The predicted octanol–water partition coefficient (Wildman–Crippen LogP) is 1.84. The Balaban J connectivity index is 2.19. The van der Waals surface area contributed by atoms with E-state index in [0.29, 0.717) is 17.8 Å². The van der Waals surface area contributed by atoms with Gasteiger partial charge in [0.25, 0.3) is 0 Å². The number of rotatable bonds is 6. The standard InChI is InChI=1S/C14H17N5O2/c1-9(2)7-11(13(20)21)19-14-17-4-3-10(18-14)12-8-15-5-6-16-12/h3-6,8-9,11H,7H2,1-2H3,(H,20,21)(H,17,18,19)/t11-/m1/s1. The third-order valence-electron chi connectivity index (χ3n) is 2.79. The summed E-state index contributed by atoms with van der Waals surface area (Å²) in [6, 6.07) is 0.982. The number of anilines is 1. The van der Waals surface area contributed by atoms with Gasteiger partial charge in [-0.15, -0.1) is 0 Å². The first-order chi connectivity index (χ1) is 10.1. The minimum Gasteiger partial charge on any atom is -0.480 e. The Labute approximate surface area is 122 Å². The summed E-state index contributed by atoms with van der Waals surface area (Å²) in [5.74, 6) is -0.398. The first-order valence-corrected chi connectivity index (χ1v) is 6.65. The minimum absolute atomic E-state index is 0.252. The molecule has 21 heavy (non-hydrogen) atoms. The monoisotopic (exact) mass is 287 g/mol. The van der Waals surface area contributed by atoms with Gasteiger partial charge < -0.3 is 10.4 Å². The van der Waals surface area contributed by atoms with Crippen LogP contribution >= 0.6 is 0 Å². The Morgan fingerprint density at radius 1 is 1.24 bits per heavy atom. The second-order valence-electron chi connectivity index (χ2n) is 5.02. The lowest BCUT2D eigenvalue weighted by atomic mass is 10.0. The molecule has 1 atom stereocenters. The molecule has 0 fully saturated rings. The van der Waals surface area contributed by atoms with Crippen molar-refractivity contribution in [2.45, 2.75) is 26.3 Å². The van der Waals surface area contributed by atoms with Crippen LogP contribution in [0.5, 0.6) is 0 Å². The summed E-state index contributed by atoms with van der Waals surface area (Å²) in [5.41, 5.74) is 1.20. The molecule has 2 heterocycles. The van der Waals surface area contributed by atoms with Gasteiger partial charge in [-0.1, -0.05) is 13.8 Å². The van der Waals surface area contributed by atoms with Crippen molar-refractivity contribution in [1.29, 1.82) is 0 Å². The Hall–Kier alpha value is -2.57. The van der Waals surface area contributed by atoms with Gasteiger partial charge in [0, 0.05) is 18.6 Å². The number of carbonyl (C=O) groups is 1. The summed E-state index contributed by atoms with van der Waals surface area (Å²) >= 11 is 0. The molecule has 2 aromatic rings. The summed E-state index contributed by atoms with van der Waals surface area (Å²) in [7, 11) is 0. The molecule has 7 heteroatoms. The summed E-state index contributed by atoms with van der Waals surface area (Å²) in [5, 5.41) is 12.1. The van der Waals surface area contributed by atoms with Crippen molar-refractivity contribution < 1.29 is 9.90 Å². The number of aliphatic carboxylic acids is 1. The Bertz CT molecular complexity index is 603. The van der Waals surface area contributed by atoms with Crippen molar-refractivity contribution in [1.82, 2.24) is 19.9 Å². The van der Waals surface area contributed by atoms with E-state index in [1.807, 2.05) is 13.8 Å². The van der Waals surface area contributed by atoms with Gasteiger partial charge in [0.1, 0.15) is 11.7 Å². The van der Waals surface area contributed by atoms with E-state index in [-0.39, 0.29) is 11.9 Å². The van der Waals surface area contributed by atoms with Gasteiger partial charge in [0.2, 0.25) is 5.95 Å². The van der Waals surface area contributed by atoms with Crippen molar-refractivity contribution in [3.8, 4) is 11.4 Å². The fourth-order valence-electron chi connectivity index (χ4n) is 1.85. The molecular formula is C14H17N5O2. The topological polar surface area (TPSA) is 101 Å². The molecule has 2 N–H and O–H groups in total. The molecule has 7 nitrogen and oxygen atoms in total. The van der Waals surface area contributed by atoms with Gasteiger partial charge in [0.15, 0.2) is 0 Å². The maximum Gasteiger partial charge on any atom is 0.326 e. The van der Waals surface area contributed by atoms with Gasteiger partial charge in [0.05, 0.1) is 11.9 Å². The second-order valence-corrected chi connectivity index (χ2v) is 5.02. The highest BCUT2D eigenvalue weighted by molar-refractivity contribution is 5.76. The van der Waals surface area contributed by atoms with Crippen LogP contribution in [0.4, 0.5) is 5.95 Å². The number of aromatic nitrogens is 4. The molecule has 0 aliphatic rings. The fourth-order valence-corrected chi connectivity index (χ4v) is 1.85. The lowest BCUT2D eigenvalue weighted by molar-refractivity contribution is -0.138. The average molecular weight is 287 g/mol. The normalized spacial score (nSPS) is 12.1. The molecule has 2 aromatic heterocycles. The molecule has 0 aliphatic carbocycles. The summed E-state index contributed by atoms with van der Waals surface area (Å²) in [4.78, 5) is 27.7. The highest BCUT2D eigenvalue weighted by Crippen LogP contribution is 2.15. The van der Waals surface area contributed by atoms with Crippen LogP contribution in [-0.4, -0.2) is 37.1 Å². The highest BCUT2D eigenvalue weighted by Gasteiger charge is 2.19. The van der Waals surface area contributed by atoms with Crippen molar-refractivity contribution in [2.24, 2.45) is 5.92 Å². The van der Waals surface area contributed by atoms with Crippen LogP contribution in [0.1, 0.15) is 20.3 Å². The Morgan fingerprint density at radius 3 is 2.67 bits per heavy atom. The maximum atomic E-state index is 11.3. The number of carboxylic acid groups (broad SMARTS) is 1. The van der Waals surface area contributed by atoms with Gasteiger partial charge in [-0.2, -0.15) is 0 Å². The summed E-state index contributed by atoms with van der Waals surface area (Å²) in [6.45, 7) is 3.93. The van der Waals surface area contributed by atoms with Gasteiger partial charge in [-0.3, -0.25) is 9.97 Å². The van der Waals surface area contributed by atoms with E-state index in [1.54, 1.807) is 30.9 Å². The lowest BCUT2D eigenvalue weighted by Gasteiger charge is -2.16. The molecule has 110 valence electrons. The second kappa shape index (κ2) is 6.74. The number of hydrogen-bond donors (Lipinski definition) is 2. The smallest absolute Gasteiger partial charge is 0.326 e. The molecule has 0 saturated heterocycles. The van der Waals surface area contributed by atoms with Crippen molar-refractivity contribution in [2.75, 3.05) is 5.32 Å². The summed E-state index contributed by atoms with van der Waals surface area (Å²) in [6.07, 6.45) is 6.80. The molecule has 0 saturated carbocycles. The van der Waals surface area contributed by atoms with E-state index < -0.39 is 12.0 Å². The molecule has 0 radical (unpaired) electrons. The highest BCUT2D eigenvalue weighted by atomic mass is 16.4. The first-order valence-electron chi connectivity index (χ1n) is 6.65. The van der Waals surface area contributed by atoms with E-state index >= 15 is 0 Å². The predicted molar refractivity (Wildman–Crippen MR) is 77.6 cm³/mol. The number of nitrogens with one attached hydrogen (secondary N) is 1. The third-order valence-corrected chi connectivity index (χ3v) is 2.79. The third kappa shape index (κ3) is 4.20. The van der Waals surface area contributed by atoms with Gasteiger partial charge in [-0.25, -0.2) is 14.8 Å². The molecule has 0 spiro atoms.